The number of carbonyl (C=O) groups excluding carboxylic acids is 2. The largest absolute Gasteiger partial charge is 0.393 e. The highest BCUT2D eigenvalue weighted by atomic mass is 16.3. The van der Waals surface area contributed by atoms with Crippen molar-refractivity contribution in [3.8, 4) is 11.3 Å². The molecule has 2 aliphatic carbocycles. The van der Waals surface area contributed by atoms with Gasteiger partial charge in [0.1, 0.15) is 5.56 Å². The van der Waals surface area contributed by atoms with Crippen LogP contribution in [-0.4, -0.2) is 54.6 Å². The fourth-order valence-electron chi connectivity index (χ4n) is 5.29. The van der Waals surface area contributed by atoms with Crippen molar-refractivity contribution < 1.29 is 14.7 Å². The van der Waals surface area contributed by atoms with Gasteiger partial charge in [-0.2, -0.15) is 0 Å². The molecule has 2 saturated carbocycles. The van der Waals surface area contributed by atoms with E-state index in [1.54, 1.807) is 6.20 Å². The van der Waals surface area contributed by atoms with Crippen molar-refractivity contribution in [3.63, 3.8) is 0 Å². The van der Waals surface area contributed by atoms with E-state index in [0.29, 0.717) is 36.6 Å². The monoisotopic (exact) mass is 460 g/mol. The maximum atomic E-state index is 13.1. The summed E-state index contributed by atoms with van der Waals surface area (Å²) in [4.78, 5) is 32.7. The number of carbonyl (C=O) groups is 2. The third-order valence-electron chi connectivity index (χ3n) is 7.51. The molecule has 0 spiro atoms. The van der Waals surface area contributed by atoms with Crippen molar-refractivity contribution in [2.24, 2.45) is 5.92 Å². The van der Waals surface area contributed by atoms with E-state index < -0.39 is 0 Å². The first-order chi connectivity index (χ1) is 16.3. The van der Waals surface area contributed by atoms with Gasteiger partial charge in [-0.3, -0.25) is 9.59 Å². The van der Waals surface area contributed by atoms with Crippen LogP contribution in [0.2, 0.25) is 0 Å². The van der Waals surface area contributed by atoms with Crippen LogP contribution < -0.4 is 11.1 Å². The van der Waals surface area contributed by atoms with Gasteiger partial charge in [0.25, 0.3) is 11.8 Å². The molecule has 176 valence electrons. The number of nitrogens with two attached hydrogens (primary N) is 1. The molecule has 3 aromatic rings. The van der Waals surface area contributed by atoms with Crippen molar-refractivity contribution in [2.45, 2.75) is 64.3 Å². The highest BCUT2D eigenvalue weighted by Crippen LogP contribution is 2.39. The zero-order valence-corrected chi connectivity index (χ0v) is 19.3. The molecule has 2 aromatic heterocycles. The van der Waals surface area contributed by atoms with Gasteiger partial charge in [0, 0.05) is 36.0 Å². The minimum atomic E-state index is -0.366. The summed E-state index contributed by atoms with van der Waals surface area (Å²) in [5, 5.41) is 16.7. The van der Waals surface area contributed by atoms with E-state index >= 15 is 0 Å². The van der Waals surface area contributed by atoms with E-state index in [2.05, 4.69) is 17.3 Å². The molecule has 4 N–H and O–H groups in total. The molecule has 3 aliphatic rings. The van der Waals surface area contributed by atoms with Crippen molar-refractivity contribution >= 4 is 23.3 Å². The maximum Gasteiger partial charge on any atom is 0.259 e. The number of hydrogen-bond acceptors (Lipinski definition) is 6. The first kappa shape index (κ1) is 21.1. The van der Waals surface area contributed by atoms with Gasteiger partial charge in [0.2, 0.25) is 0 Å². The number of nitrogens with one attached hydrogen (secondary N) is 1. The molecule has 2 amide bonds. The van der Waals surface area contributed by atoms with E-state index in [1.165, 1.54) is 17.4 Å². The normalized spacial score (nSPS) is 22.6. The minimum absolute atomic E-state index is 0.0714. The Labute approximate surface area is 197 Å². The minimum Gasteiger partial charge on any atom is -0.393 e. The van der Waals surface area contributed by atoms with E-state index in [-0.39, 0.29) is 41.4 Å². The number of benzene rings is 1. The zero-order valence-electron chi connectivity index (χ0n) is 19.3. The predicted octanol–water partition coefficient (Wildman–Crippen LogP) is 2.29. The molecular formula is C25H28N6O3. The Hall–Kier alpha value is -3.46. The molecule has 1 aliphatic heterocycles. The van der Waals surface area contributed by atoms with Gasteiger partial charge < -0.3 is 21.1 Å². The number of nitrogens with zero attached hydrogens (tertiary/aromatic N) is 4. The summed E-state index contributed by atoms with van der Waals surface area (Å²) in [6.07, 6.45) is 4.84. The van der Waals surface area contributed by atoms with Crippen LogP contribution in [-0.2, 0) is 6.54 Å². The van der Waals surface area contributed by atoms with E-state index in [0.717, 1.165) is 22.3 Å². The first-order valence-corrected chi connectivity index (χ1v) is 11.9. The molecule has 0 radical (unpaired) electrons. The number of hydrogen-bond donors (Lipinski definition) is 3. The summed E-state index contributed by atoms with van der Waals surface area (Å²) in [6.45, 7) is 4.73. The lowest BCUT2D eigenvalue weighted by Crippen LogP contribution is -2.46. The van der Waals surface area contributed by atoms with Crippen LogP contribution >= 0.6 is 0 Å². The standard InChI is InChI=1S/C25H28N6O3/c1-12-7-15(8-16-11-30(25(34)20(12)16)13(2)14-3-4-14)19-5-6-31-23(28-19)21(22(26)29-31)24(33)27-17-9-18(32)10-17/h5-8,13-14,17-18,32H,3-4,9-11H2,1-2H3,(H2,26,29)(H,27,33)/t13-,17?,18?/m0/s1. The fourth-order valence-corrected chi connectivity index (χ4v) is 5.29. The molecule has 2 fully saturated rings. The Morgan fingerprint density at radius 1 is 1.29 bits per heavy atom. The summed E-state index contributed by atoms with van der Waals surface area (Å²) in [7, 11) is 0. The Bertz CT molecular complexity index is 1340. The third-order valence-corrected chi connectivity index (χ3v) is 7.51. The van der Waals surface area contributed by atoms with Gasteiger partial charge in [-0.05, 0) is 74.8 Å². The zero-order chi connectivity index (χ0) is 23.7. The van der Waals surface area contributed by atoms with Gasteiger partial charge in [0.05, 0.1) is 11.8 Å². The summed E-state index contributed by atoms with van der Waals surface area (Å²) >= 11 is 0. The number of aliphatic hydroxyl groups is 1. The lowest BCUT2D eigenvalue weighted by atomic mass is 9.89. The molecule has 0 saturated heterocycles. The number of aromatic nitrogens is 3. The van der Waals surface area contributed by atoms with Crippen LogP contribution in [0, 0.1) is 12.8 Å². The second-order valence-electron chi connectivity index (χ2n) is 9.98. The summed E-state index contributed by atoms with van der Waals surface area (Å²) in [5.41, 5.74) is 11.0. The number of fused-ring (bicyclic) bond motifs is 2. The summed E-state index contributed by atoms with van der Waals surface area (Å²) in [6, 6.07) is 6.04. The molecule has 3 heterocycles. The average Bonchev–Trinajstić information content (AvgIpc) is 3.49. The lowest BCUT2D eigenvalue weighted by Gasteiger charge is -2.31. The van der Waals surface area contributed by atoms with Crippen LogP contribution in [0.15, 0.2) is 24.4 Å². The quantitative estimate of drug-likeness (QED) is 0.536. The van der Waals surface area contributed by atoms with Crippen molar-refractivity contribution in [2.75, 3.05) is 5.73 Å². The van der Waals surface area contributed by atoms with E-state index in [9.17, 15) is 14.7 Å². The molecule has 34 heavy (non-hydrogen) atoms. The van der Waals surface area contributed by atoms with E-state index in [4.69, 9.17) is 10.7 Å². The molecule has 1 atom stereocenters. The van der Waals surface area contributed by atoms with Crippen molar-refractivity contribution in [1.29, 1.82) is 0 Å². The second-order valence-corrected chi connectivity index (χ2v) is 9.98. The summed E-state index contributed by atoms with van der Waals surface area (Å²) in [5.74, 6) is 0.504. The van der Waals surface area contributed by atoms with Gasteiger partial charge >= 0.3 is 0 Å². The fraction of sp³-hybridized carbons (Fsp3) is 0.440. The highest BCUT2D eigenvalue weighted by Gasteiger charge is 2.39. The molecule has 1 aromatic carbocycles. The molecule has 6 rings (SSSR count). The number of nitrogen functional groups attached to an aromatic ring is 1. The van der Waals surface area contributed by atoms with Crippen molar-refractivity contribution in [3.05, 3.63) is 46.6 Å². The number of rotatable bonds is 5. The van der Waals surface area contributed by atoms with Crippen LogP contribution in [0.25, 0.3) is 16.9 Å². The molecule has 0 unspecified atom stereocenters. The maximum absolute atomic E-state index is 13.1. The molecule has 9 heteroatoms. The number of aryl methyl sites for hydroxylation is 1. The topological polar surface area (TPSA) is 126 Å². The predicted molar refractivity (Wildman–Crippen MR) is 126 cm³/mol. The number of aliphatic hydroxyl groups excluding tert-OH is 1. The number of anilines is 1. The number of amides is 2. The SMILES string of the molecule is Cc1cc(-c2ccn3nc(N)c(C(=O)NC4CC(O)C4)c3n2)cc2c1C(=O)N([C@@H](C)C1CC1)C2. The molecular weight excluding hydrogens is 432 g/mol. The van der Waals surface area contributed by atoms with Crippen LogP contribution in [0.5, 0.6) is 0 Å². The van der Waals surface area contributed by atoms with Crippen LogP contribution in [0.1, 0.15) is 64.4 Å². The van der Waals surface area contributed by atoms with Gasteiger partial charge in [-0.15, -0.1) is 5.10 Å². The Kier molecular flexibility index (Phi) is 4.67. The average molecular weight is 461 g/mol. The molecule has 0 bridgehead atoms. The third kappa shape index (κ3) is 3.34. The van der Waals surface area contributed by atoms with Crippen molar-refractivity contribution in [1.82, 2.24) is 24.8 Å². The Morgan fingerprint density at radius 2 is 2.06 bits per heavy atom. The Morgan fingerprint density at radius 3 is 2.76 bits per heavy atom. The molecule has 9 nitrogen and oxygen atoms in total. The van der Waals surface area contributed by atoms with Crippen LogP contribution in [0.4, 0.5) is 5.82 Å². The smallest absolute Gasteiger partial charge is 0.259 e. The highest BCUT2D eigenvalue weighted by molar-refractivity contribution is 6.04. The Balaban J connectivity index is 1.34. The van der Waals surface area contributed by atoms with Gasteiger partial charge in [-0.25, -0.2) is 9.50 Å². The summed E-state index contributed by atoms with van der Waals surface area (Å²) < 4.78 is 1.51. The van der Waals surface area contributed by atoms with Crippen LogP contribution in [0.3, 0.4) is 0 Å². The van der Waals surface area contributed by atoms with E-state index in [1.807, 2.05) is 30.0 Å². The second kappa shape index (κ2) is 7.53. The first-order valence-electron chi connectivity index (χ1n) is 11.9. The van der Waals surface area contributed by atoms with Gasteiger partial charge in [0.15, 0.2) is 11.5 Å². The van der Waals surface area contributed by atoms with Gasteiger partial charge in [-0.1, -0.05) is 0 Å². The lowest BCUT2D eigenvalue weighted by molar-refractivity contribution is 0.0563.